The van der Waals surface area contributed by atoms with E-state index in [2.05, 4.69) is 20.1 Å². The molecule has 0 unspecified atom stereocenters. The van der Waals surface area contributed by atoms with Crippen molar-refractivity contribution in [2.24, 2.45) is 5.92 Å². The molecule has 3 heterocycles. The fraction of sp³-hybridized carbons (Fsp3) is 0.636. The molecule has 158 valence electrons. The number of piperazine rings is 1. The van der Waals surface area contributed by atoms with E-state index in [0.717, 1.165) is 61.7 Å². The zero-order valence-electron chi connectivity index (χ0n) is 17.3. The van der Waals surface area contributed by atoms with Crippen LogP contribution in [-0.4, -0.2) is 68.3 Å². The number of pyridine rings is 1. The molecular weight excluding hydrogens is 368 g/mol. The molecular formula is C22H32N4O3. The molecule has 7 nitrogen and oxygen atoms in total. The summed E-state index contributed by atoms with van der Waals surface area (Å²) in [7, 11) is 1.56. The van der Waals surface area contributed by atoms with Gasteiger partial charge in [0.05, 0.1) is 11.6 Å². The van der Waals surface area contributed by atoms with E-state index in [-0.39, 0.29) is 12.5 Å². The van der Waals surface area contributed by atoms with Crippen molar-refractivity contribution in [3.8, 4) is 0 Å². The highest BCUT2D eigenvalue weighted by atomic mass is 16.5. The van der Waals surface area contributed by atoms with E-state index in [4.69, 9.17) is 9.15 Å². The molecule has 0 aromatic carbocycles. The first kappa shape index (κ1) is 20.2. The Balaban J connectivity index is 1.17. The Kier molecular flexibility index (Phi) is 6.67. The number of methoxy groups -OCH3 is 1. The van der Waals surface area contributed by atoms with Gasteiger partial charge < -0.3 is 19.4 Å². The second-order valence-electron chi connectivity index (χ2n) is 8.30. The van der Waals surface area contributed by atoms with E-state index < -0.39 is 0 Å². The largest absolute Gasteiger partial charge is 0.464 e. The smallest absolute Gasteiger partial charge is 0.246 e. The summed E-state index contributed by atoms with van der Waals surface area (Å²) in [5, 5.41) is 4.19. The van der Waals surface area contributed by atoms with Crippen LogP contribution in [0.1, 0.15) is 32.1 Å². The van der Waals surface area contributed by atoms with Gasteiger partial charge in [0.15, 0.2) is 0 Å². The predicted molar refractivity (Wildman–Crippen MR) is 113 cm³/mol. The van der Waals surface area contributed by atoms with Crippen LogP contribution in [0.4, 0.5) is 5.82 Å². The maximum atomic E-state index is 11.7. The van der Waals surface area contributed by atoms with Crippen LogP contribution in [0, 0.1) is 5.92 Å². The van der Waals surface area contributed by atoms with Crippen LogP contribution in [0.2, 0.25) is 0 Å². The van der Waals surface area contributed by atoms with Crippen molar-refractivity contribution in [3.63, 3.8) is 0 Å². The van der Waals surface area contributed by atoms with Gasteiger partial charge in [-0.3, -0.25) is 9.69 Å². The number of amides is 1. The van der Waals surface area contributed by atoms with Crippen molar-refractivity contribution in [1.29, 1.82) is 0 Å². The SMILES string of the molecule is COCC(=O)NC1CCC(CCN2CCN(c3nccc4occc34)CC2)CC1. The second-order valence-corrected chi connectivity index (χ2v) is 8.30. The number of ether oxygens (including phenoxy) is 1. The van der Waals surface area contributed by atoms with Gasteiger partial charge in [-0.1, -0.05) is 0 Å². The first-order valence-corrected chi connectivity index (χ1v) is 10.8. The van der Waals surface area contributed by atoms with Crippen LogP contribution in [0.15, 0.2) is 29.0 Å². The number of rotatable bonds is 7. The first-order valence-electron chi connectivity index (χ1n) is 10.8. The summed E-state index contributed by atoms with van der Waals surface area (Å²) < 4.78 is 10.4. The highest BCUT2D eigenvalue weighted by Gasteiger charge is 2.24. The average molecular weight is 401 g/mol. The molecule has 1 aliphatic carbocycles. The topological polar surface area (TPSA) is 70.8 Å². The number of nitrogens with one attached hydrogen (secondary N) is 1. The maximum Gasteiger partial charge on any atom is 0.246 e. The third-order valence-corrected chi connectivity index (χ3v) is 6.37. The Labute approximate surface area is 172 Å². The van der Waals surface area contributed by atoms with Gasteiger partial charge >= 0.3 is 0 Å². The highest BCUT2D eigenvalue weighted by Crippen LogP contribution is 2.28. The molecule has 0 atom stereocenters. The number of anilines is 1. The van der Waals surface area contributed by atoms with Gasteiger partial charge in [-0.2, -0.15) is 0 Å². The fourth-order valence-corrected chi connectivity index (χ4v) is 4.68. The minimum absolute atomic E-state index is 0.00872. The molecule has 0 bridgehead atoms. The minimum Gasteiger partial charge on any atom is -0.464 e. The standard InChI is InChI=1S/C22H32N4O3/c1-28-16-21(27)24-18-4-2-17(3-5-18)7-10-25-11-13-26(14-12-25)22-19-8-15-29-20(19)6-9-23-22/h6,8-9,15,17-18H,2-5,7,10-14,16H2,1H3,(H,24,27). The molecule has 7 heteroatoms. The van der Waals surface area contributed by atoms with Crippen LogP contribution in [0.5, 0.6) is 0 Å². The van der Waals surface area contributed by atoms with Crippen LogP contribution in [0.25, 0.3) is 11.0 Å². The molecule has 4 rings (SSSR count). The number of hydrogen-bond donors (Lipinski definition) is 1. The van der Waals surface area contributed by atoms with Crippen molar-refractivity contribution in [2.75, 3.05) is 51.3 Å². The summed E-state index contributed by atoms with van der Waals surface area (Å²) in [5.41, 5.74) is 0.909. The molecule has 2 aliphatic rings. The molecule has 1 amide bonds. The molecule has 0 radical (unpaired) electrons. The van der Waals surface area contributed by atoms with Crippen molar-refractivity contribution in [2.45, 2.75) is 38.1 Å². The quantitative estimate of drug-likeness (QED) is 0.771. The minimum atomic E-state index is 0.00872. The molecule has 2 aromatic rings. The van der Waals surface area contributed by atoms with Gasteiger partial charge in [0, 0.05) is 45.5 Å². The monoisotopic (exact) mass is 400 g/mol. The Bertz CT molecular complexity index is 792. The Morgan fingerprint density at radius 3 is 2.76 bits per heavy atom. The Morgan fingerprint density at radius 2 is 2.00 bits per heavy atom. The summed E-state index contributed by atoms with van der Waals surface area (Å²) >= 11 is 0. The maximum absolute atomic E-state index is 11.7. The summed E-state index contributed by atoms with van der Waals surface area (Å²) in [6, 6.07) is 4.26. The van der Waals surface area contributed by atoms with E-state index >= 15 is 0 Å². The summed E-state index contributed by atoms with van der Waals surface area (Å²) in [6.45, 7) is 5.51. The number of carbonyl (C=O) groups excluding carboxylic acids is 1. The molecule has 2 fully saturated rings. The predicted octanol–water partition coefficient (Wildman–Crippen LogP) is 2.66. The van der Waals surface area contributed by atoms with Crippen molar-refractivity contribution in [1.82, 2.24) is 15.2 Å². The lowest BCUT2D eigenvalue weighted by atomic mass is 9.84. The molecule has 1 N–H and O–H groups in total. The van der Waals surface area contributed by atoms with Gasteiger partial charge in [0.1, 0.15) is 18.0 Å². The molecule has 2 aromatic heterocycles. The number of carbonyl (C=O) groups is 1. The number of fused-ring (bicyclic) bond motifs is 1. The third-order valence-electron chi connectivity index (χ3n) is 6.37. The van der Waals surface area contributed by atoms with E-state index in [1.807, 2.05) is 18.3 Å². The van der Waals surface area contributed by atoms with Gasteiger partial charge in [0.25, 0.3) is 0 Å². The molecule has 1 saturated heterocycles. The fourth-order valence-electron chi connectivity index (χ4n) is 4.68. The second kappa shape index (κ2) is 9.59. The Hall–Kier alpha value is -2.12. The van der Waals surface area contributed by atoms with E-state index in [0.29, 0.717) is 6.04 Å². The number of furan rings is 1. The van der Waals surface area contributed by atoms with E-state index in [9.17, 15) is 4.79 Å². The first-order chi connectivity index (χ1) is 14.2. The van der Waals surface area contributed by atoms with Crippen LogP contribution in [-0.2, 0) is 9.53 Å². The van der Waals surface area contributed by atoms with Crippen molar-refractivity contribution < 1.29 is 13.9 Å². The molecule has 29 heavy (non-hydrogen) atoms. The summed E-state index contributed by atoms with van der Waals surface area (Å²) in [5.74, 6) is 1.84. The average Bonchev–Trinajstić information content (AvgIpc) is 3.23. The number of aromatic nitrogens is 1. The summed E-state index contributed by atoms with van der Waals surface area (Å²) in [6.07, 6.45) is 9.44. The lowest BCUT2D eigenvalue weighted by Crippen LogP contribution is -2.47. The number of hydrogen-bond acceptors (Lipinski definition) is 6. The zero-order valence-corrected chi connectivity index (χ0v) is 17.3. The van der Waals surface area contributed by atoms with Crippen molar-refractivity contribution in [3.05, 3.63) is 24.6 Å². The third kappa shape index (κ3) is 5.08. The van der Waals surface area contributed by atoms with Crippen molar-refractivity contribution >= 4 is 22.7 Å². The highest BCUT2D eigenvalue weighted by molar-refractivity contribution is 5.88. The lowest BCUT2D eigenvalue weighted by molar-refractivity contribution is -0.125. The molecule has 1 saturated carbocycles. The van der Waals surface area contributed by atoms with Crippen LogP contribution < -0.4 is 10.2 Å². The Morgan fingerprint density at radius 1 is 1.21 bits per heavy atom. The van der Waals surface area contributed by atoms with E-state index in [1.165, 1.54) is 25.8 Å². The molecule has 1 aliphatic heterocycles. The van der Waals surface area contributed by atoms with Gasteiger partial charge in [-0.15, -0.1) is 0 Å². The zero-order chi connectivity index (χ0) is 20.1. The van der Waals surface area contributed by atoms with Gasteiger partial charge in [-0.05, 0) is 56.7 Å². The lowest BCUT2D eigenvalue weighted by Gasteiger charge is -2.37. The number of nitrogens with zero attached hydrogens (tertiary/aromatic N) is 3. The van der Waals surface area contributed by atoms with Gasteiger partial charge in [0.2, 0.25) is 5.91 Å². The normalized spacial score (nSPS) is 23.4. The van der Waals surface area contributed by atoms with E-state index in [1.54, 1.807) is 13.4 Å². The summed E-state index contributed by atoms with van der Waals surface area (Å²) in [4.78, 5) is 21.2. The van der Waals surface area contributed by atoms with Crippen LogP contribution in [0.3, 0.4) is 0 Å². The molecule has 0 spiro atoms. The van der Waals surface area contributed by atoms with Crippen LogP contribution >= 0.6 is 0 Å². The van der Waals surface area contributed by atoms with Gasteiger partial charge in [-0.25, -0.2) is 4.98 Å².